The molecule has 0 saturated carbocycles. The lowest BCUT2D eigenvalue weighted by atomic mass is 9.87. The van der Waals surface area contributed by atoms with Gasteiger partial charge in [0.15, 0.2) is 0 Å². The van der Waals surface area contributed by atoms with Gasteiger partial charge >= 0.3 is 0 Å². The molecule has 0 fully saturated rings. The topological polar surface area (TPSA) is 52.0 Å². The van der Waals surface area contributed by atoms with Crippen LogP contribution in [0.2, 0.25) is 0 Å². The molecule has 0 bridgehead atoms. The van der Waals surface area contributed by atoms with Gasteiger partial charge in [0.2, 0.25) is 5.95 Å². The molecule has 2 atom stereocenters. The number of nitrogens with zero attached hydrogens (tertiary/aromatic N) is 3. The number of para-hydroxylation sites is 1. The summed E-state index contributed by atoms with van der Waals surface area (Å²) in [6, 6.07) is 18.4. The number of ether oxygens (including phenoxy) is 1. The fourth-order valence-electron chi connectivity index (χ4n) is 4.05. The number of halogens is 1. The third kappa shape index (κ3) is 2.51. The van der Waals surface area contributed by atoms with Gasteiger partial charge in [-0.25, -0.2) is 9.07 Å². The summed E-state index contributed by atoms with van der Waals surface area (Å²) in [6.45, 7) is 0. The predicted octanol–water partition coefficient (Wildman–Crippen LogP) is 5.04. The highest BCUT2D eigenvalue weighted by atomic mass is 32.1. The van der Waals surface area contributed by atoms with Crippen LogP contribution in [0.4, 0.5) is 10.3 Å². The van der Waals surface area contributed by atoms with Crippen molar-refractivity contribution in [1.82, 2.24) is 14.8 Å². The van der Waals surface area contributed by atoms with Gasteiger partial charge < -0.3 is 10.1 Å². The van der Waals surface area contributed by atoms with Crippen molar-refractivity contribution in [2.24, 2.45) is 0 Å². The smallest absolute Gasteiger partial charge is 0.226 e. The Balaban J connectivity index is 1.63. The maximum absolute atomic E-state index is 13.6. The Hall–Kier alpha value is -3.45. The molecule has 2 aliphatic rings. The maximum Gasteiger partial charge on any atom is 0.226 e. The molecule has 142 valence electrons. The van der Waals surface area contributed by atoms with Crippen molar-refractivity contribution in [3.63, 3.8) is 0 Å². The molecule has 0 unspecified atom stereocenters. The summed E-state index contributed by atoms with van der Waals surface area (Å²) in [4.78, 5) is 5.55. The van der Waals surface area contributed by atoms with Gasteiger partial charge in [-0.1, -0.05) is 30.3 Å². The van der Waals surface area contributed by atoms with Gasteiger partial charge in [0.25, 0.3) is 0 Å². The fraction of sp³-hybridized carbons (Fsp3) is 0.0909. The molecule has 0 amide bonds. The van der Waals surface area contributed by atoms with Crippen LogP contribution in [0.3, 0.4) is 0 Å². The second-order valence-electron chi connectivity index (χ2n) is 6.95. The third-order valence-corrected chi connectivity index (χ3v) is 6.23. The van der Waals surface area contributed by atoms with E-state index in [-0.39, 0.29) is 18.0 Å². The quantitative estimate of drug-likeness (QED) is 0.510. The van der Waals surface area contributed by atoms with E-state index in [9.17, 15) is 4.39 Å². The highest BCUT2D eigenvalue weighted by Crippen LogP contribution is 2.51. The van der Waals surface area contributed by atoms with Crippen LogP contribution in [-0.4, -0.2) is 14.8 Å². The van der Waals surface area contributed by atoms with E-state index in [4.69, 9.17) is 4.74 Å². The number of thiophene rings is 1. The number of anilines is 1. The monoisotopic (exact) mass is 402 g/mol. The van der Waals surface area contributed by atoms with E-state index in [2.05, 4.69) is 26.8 Å². The zero-order valence-corrected chi connectivity index (χ0v) is 15.9. The Bertz CT molecular complexity index is 1230. The molecule has 1 N–H and O–H groups in total. The number of hydrogen-bond acceptors (Lipinski definition) is 5. The number of fused-ring (bicyclic) bond motifs is 3. The van der Waals surface area contributed by atoms with Crippen LogP contribution in [0.15, 0.2) is 77.9 Å². The lowest BCUT2D eigenvalue weighted by Crippen LogP contribution is -2.32. The largest absolute Gasteiger partial charge is 0.480 e. The molecule has 2 aromatic carbocycles. The summed E-state index contributed by atoms with van der Waals surface area (Å²) >= 11 is 1.67. The molecule has 29 heavy (non-hydrogen) atoms. The molecule has 5 nitrogen and oxygen atoms in total. The number of rotatable bonds is 2. The van der Waals surface area contributed by atoms with Crippen molar-refractivity contribution >= 4 is 23.0 Å². The van der Waals surface area contributed by atoms with Gasteiger partial charge in [-0.2, -0.15) is 10.1 Å². The van der Waals surface area contributed by atoms with E-state index in [1.165, 1.54) is 12.1 Å². The van der Waals surface area contributed by atoms with Crippen LogP contribution in [0.25, 0.3) is 5.70 Å². The number of nitrogens with one attached hydrogen (secondary N) is 1. The minimum Gasteiger partial charge on any atom is -0.480 e. The summed E-state index contributed by atoms with van der Waals surface area (Å²) in [7, 11) is 0. The van der Waals surface area contributed by atoms with Crippen LogP contribution >= 0.6 is 11.3 Å². The van der Waals surface area contributed by atoms with Gasteiger partial charge in [-0.15, -0.1) is 11.3 Å². The lowest BCUT2D eigenvalue weighted by molar-refractivity contribution is 0.223. The molecular weight excluding hydrogens is 387 g/mol. The summed E-state index contributed by atoms with van der Waals surface area (Å²) in [5, 5.41) is 10.00. The standard InChI is InChI=1S/C22H15FN4OS/c23-14-9-7-13(8-10-14)21-18-19(15-4-1-2-5-16(15)28-21)26-22-24-12-25-27(22)20(18)17-6-3-11-29-17/h1-12,20-21H,(H,24,25,26)/t20-,21-/m1/s1. The van der Waals surface area contributed by atoms with E-state index >= 15 is 0 Å². The Morgan fingerprint density at radius 1 is 1.03 bits per heavy atom. The first-order chi connectivity index (χ1) is 14.3. The van der Waals surface area contributed by atoms with Crippen LogP contribution in [0.1, 0.15) is 28.1 Å². The minimum absolute atomic E-state index is 0.160. The highest BCUT2D eigenvalue weighted by molar-refractivity contribution is 7.10. The van der Waals surface area contributed by atoms with E-state index in [1.807, 2.05) is 35.0 Å². The van der Waals surface area contributed by atoms with Crippen LogP contribution < -0.4 is 10.1 Å². The van der Waals surface area contributed by atoms with Crippen molar-refractivity contribution in [3.8, 4) is 5.75 Å². The van der Waals surface area contributed by atoms with Crippen molar-refractivity contribution in [3.05, 3.63) is 99.8 Å². The second-order valence-corrected chi connectivity index (χ2v) is 7.93. The third-order valence-electron chi connectivity index (χ3n) is 5.31. The molecule has 6 rings (SSSR count). The summed E-state index contributed by atoms with van der Waals surface area (Å²) in [6.07, 6.45) is 1.18. The number of hydrogen-bond donors (Lipinski definition) is 1. The molecular formula is C22H15FN4OS. The lowest BCUT2D eigenvalue weighted by Gasteiger charge is -2.38. The molecule has 2 aromatic heterocycles. The number of aromatic nitrogens is 3. The fourth-order valence-corrected chi connectivity index (χ4v) is 4.88. The first-order valence-corrected chi connectivity index (χ1v) is 10.1. The minimum atomic E-state index is -0.377. The van der Waals surface area contributed by atoms with Gasteiger partial charge in [0.05, 0.1) is 5.70 Å². The first-order valence-electron chi connectivity index (χ1n) is 9.25. The van der Waals surface area contributed by atoms with Gasteiger partial charge in [-0.05, 0) is 41.3 Å². The Morgan fingerprint density at radius 3 is 2.72 bits per heavy atom. The van der Waals surface area contributed by atoms with Crippen LogP contribution in [0, 0.1) is 5.82 Å². The van der Waals surface area contributed by atoms with E-state index in [0.717, 1.165) is 33.0 Å². The molecule has 0 aliphatic carbocycles. The molecule has 2 aliphatic heterocycles. The molecule has 0 saturated heterocycles. The Kier molecular flexibility index (Phi) is 3.57. The molecule has 0 radical (unpaired) electrons. The second kappa shape index (κ2) is 6.28. The predicted molar refractivity (Wildman–Crippen MR) is 109 cm³/mol. The first kappa shape index (κ1) is 16.5. The Labute approximate surface area is 170 Å². The summed E-state index contributed by atoms with van der Waals surface area (Å²) in [5.41, 5.74) is 3.88. The van der Waals surface area contributed by atoms with E-state index < -0.39 is 0 Å². The van der Waals surface area contributed by atoms with Crippen LogP contribution in [0.5, 0.6) is 5.75 Å². The maximum atomic E-state index is 13.6. The van der Waals surface area contributed by atoms with Gasteiger partial charge in [-0.3, -0.25) is 0 Å². The summed E-state index contributed by atoms with van der Waals surface area (Å²) < 4.78 is 22.0. The summed E-state index contributed by atoms with van der Waals surface area (Å²) in [5.74, 6) is 1.21. The van der Waals surface area contributed by atoms with Crippen molar-refractivity contribution in [2.75, 3.05) is 5.32 Å². The highest BCUT2D eigenvalue weighted by Gasteiger charge is 2.41. The normalized spacial score (nSPS) is 19.6. The molecule has 0 spiro atoms. The van der Waals surface area contributed by atoms with Gasteiger partial charge in [0.1, 0.15) is 30.0 Å². The van der Waals surface area contributed by atoms with Crippen LogP contribution in [-0.2, 0) is 0 Å². The average Bonchev–Trinajstić information content (AvgIpc) is 3.44. The SMILES string of the molecule is Fc1ccc([C@H]2Oc3ccccc3C3=C2[C@@H](c2cccs2)n2ncnc2N3)cc1. The number of benzene rings is 2. The van der Waals surface area contributed by atoms with Gasteiger partial charge in [0, 0.05) is 16.0 Å². The van der Waals surface area contributed by atoms with Crippen molar-refractivity contribution in [1.29, 1.82) is 0 Å². The average molecular weight is 402 g/mol. The zero-order valence-electron chi connectivity index (χ0n) is 15.1. The molecule has 7 heteroatoms. The molecule has 4 aromatic rings. The van der Waals surface area contributed by atoms with Crippen molar-refractivity contribution in [2.45, 2.75) is 12.1 Å². The zero-order chi connectivity index (χ0) is 19.4. The van der Waals surface area contributed by atoms with E-state index in [0.29, 0.717) is 5.95 Å². The molecule has 4 heterocycles. The Morgan fingerprint density at radius 2 is 1.90 bits per heavy atom. The van der Waals surface area contributed by atoms with Crippen molar-refractivity contribution < 1.29 is 9.13 Å². The van der Waals surface area contributed by atoms with E-state index in [1.54, 1.807) is 29.8 Å².